The number of halogens is 3. The number of nitrogens with zero attached hydrogens (tertiary/aromatic N) is 1. The predicted octanol–water partition coefficient (Wildman–Crippen LogP) is 5.59. The highest BCUT2D eigenvalue weighted by molar-refractivity contribution is 9.10. The molecule has 0 fully saturated rings. The maximum Gasteiger partial charge on any atom is 0.243 e. The van der Waals surface area contributed by atoms with Crippen molar-refractivity contribution in [3.8, 4) is 0 Å². The van der Waals surface area contributed by atoms with Crippen LogP contribution in [0.4, 0.5) is 5.69 Å². The van der Waals surface area contributed by atoms with Gasteiger partial charge in [-0.05, 0) is 48.0 Å². The molecular formula is C21H17BrCl2N2O3S. The number of anilines is 1. The highest BCUT2D eigenvalue weighted by Gasteiger charge is 2.27. The lowest BCUT2D eigenvalue weighted by Crippen LogP contribution is -2.37. The van der Waals surface area contributed by atoms with Gasteiger partial charge >= 0.3 is 0 Å². The minimum Gasteiger partial charge on any atom is -0.325 e. The van der Waals surface area contributed by atoms with Crippen LogP contribution < -0.4 is 5.32 Å². The summed E-state index contributed by atoms with van der Waals surface area (Å²) in [6.45, 7) is -0.470. The number of benzene rings is 3. The molecule has 0 aliphatic heterocycles. The molecule has 0 saturated heterocycles. The second-order valence-electron chi connectivity index (χ2n) is 6.38. The third kappa shape index (κ3) is 5.83. The molecule has 3 aromatic rings. The maximum atomic E-state index is 13.2. The first-order valence-electron chi connectivity index (χ1n) is 8.80. The van der Waals surface area contributed by atoms with E-state index in [2.05, 4.69) is 21.2 Å². The van der Waals surface area contributed by atoms with Gasteiger partial charge in [0.25, 0.3) is 0 Å². The van der Waals surface area contributed by atoms with Crippen LogP contribution in [0.2, 0.25) is 10.0 Å². The molecule has 5 nitrogen and oxygen atoms in total. The summed E-state index contributed by atoms with van der Waals surface area (Å²) in [4.78, 5) is 12.7. The topological polar surface area (TPSA) is 66.5 Å². The fraction of sp³-hybridized carbons (Fsp3) is 0.0952. The Labute approximate surface area is 193 Å². The van der Waals surface area contributed by atoms with E-state index in [1.54, 1.807) is 48.5 Å². The molecule has 0 bridgehead atoms. The summed E-state index contributed by atoms with van der Waals surface area (Å²) < 4.78 is 28.3. The van der Waals surface area contributed by atoms with Gasteiger partial charge in [0.05, 0.1) is 11.4 Å². The van der Waals surface area contributed by atoms with Gasteiger partial charge in [-0.15, -0.1) is 0 Å². The standard InChI is InChI=1S/C21H17BrCl2N2O3S/c22-16-5-4-6-18(11-16)25-21(27)14-26(13-15-9-10-17(23)12-20(15)24)30(28,29)19-7-2-1-3-8-19/h1-12H,13-14H2,(H,25,27). The Morgan fingerprint density at radius 1 is 0.967 bits per heavy atom. The number of carbonyl (C=O) groups excluding carboxylic acids is 1. The van der Waals surface area contributed by atoms with E-state index >= 15 is 0 Å². The van der Waals surface area contributed by atoms with Gasteiger partial charge in [-0.25, -0.2) is 8.42 Å². The minimum atomic E-state index is -3.95. The van der Waals surface area contributed by atoms with E-state index in [1.807, 2.05) is 6.07 Å². The van der Waals surface area contributed by atoms with Crippen molar-refractivity contribution in [3.63, 3.8) is 0 Å². The van der Waals surface area contributed by atoms with E-state index < -0.39 is 15.9 Å². The number of hydrogen-bond donors (Lipinski definition) is 1. The Morgan fingerprint density at radius 2 is 1.70 bits per heavy atom. The van der Waals surface area contributed by atoms with Gasteiger partial charge in [-0.2, -0.15) is 4.31 Å². The van der Waals surface area contributed by atoms with E-state index in [-0.39, 0.29) is 18.0 Å². The van der Waals surface area contributed by atoms with Crippen molar-refractivity contribution in [3.05, 3.63) is 92.9 Å². The molecule has 0 aliphatic rings. The Balaban J connectivity index is 1.89. The smallest absolute Gasteiger partial charge is 0.243 e. The van der Waals surface area contributed by atoms with Crippen molar-refractivity contribution in [1.29, 1.82) is 0 Å². The number of nitrogens with one attached hydrogen (secondary N) is 1. The summed E-state index contributed by atoms with van der Waals surface area (Å²) >= 11 is 15.5. The lowest BCUT2D eigenvalue weighted by molar-refractivity contribution is -0.116. The molecule has 3 aromatic carbocycles. The second-order valence-corrected chi connectivity index (χ2v) is 10.1. The van der Waals surface area contributed by atoms with E-state index in [9.17, 15) is 13.2 Å². The first kappa shape index (κ1) is 22.8. The Bertz CT molecular complexity index is 1160. The van der Waals surface area contributed by atoms with Crippen LogP contribution in [0.1, 0.15) is 5.56 Å². The fourth-order valence-corrected chi connectivity index (χ4v) is 5.00. The van der Waals surface area contributed by atoms with E-state index in [0.29, 0.717) is 21.3 Å². The number of hydrogen-bond acceptors (Lipinski definition) is 3. The highest BCUT2D eigenvalue weighted by Crippen LogP contribution is 2.25. The molecular weight excluding hydrogens is 511 g/mol. The molecule has 0 unspecified atom stereocenters. The summed E-state index contributed by atoms with van der Waals surface area (Å²) in [6.07, 6.45) is 0. The molecule has 1 amide bonds. The van der Waals surface area contributed by atoms with Crippen LogP contribution in [0, 0.1) is 0 Å². The normalized spacial score (nSPS) is 11.5. The third-order valence-corrected chi connectivity index (χ3v) is 7.06. The van der Waals surface area contributed by atoms with Crippen LogP contribution in [0.3, 0.4) is 0 Å². The Hall–Kier alpha value is -1.90. The molecule has 156 valence electrons. The van der Waals surface area contributed by atoms with Crippen LogP contribution >= 0.6 is 39.1 Å². The number of carbonyl (C=O) groups is 1. The van der Waals surface area contributed by atoms with Gasteiger partial charge in [0.2, 0.25) is 15.9 Å². The van der Waals surface area contributed by atoms with Crippen molar-refractivity contribution in [1.82, 2.24) is 4.31 Å². The lowest BCUT2D eigenvalue weighted by atomic mass is 10.2. The lowest BCUT2D eigenvalue weighted by Gasteiger charge is -2.22. The van der Waals surface area contributed by atoms with Crippen LogP contribution in [0.25, 0.3) is 0 Å². The molecule has 0 radical (unpaired) electrons. The number of rotatable bonds is 7. The third-order valence-electron chi connectivity index (χ3n) is 4.17. The summed E-state index contributed by atoms with van der Waals surface area (Å²) in [5.74, 6) is -0.474. The van der Waals surface area contributed by atoms with Crippen molar-refractivity contribution in [2.75, 3.05) is 11.9 Å². The van der Waals surface area contributed by atoms with Crippen LogP contribution in [-0.4, -0.2) is 25.2 Å². The van der Waals surface area contributed by atoms with Gasteiger partial charge in [-0.1, -0.05) is 69.5 Å². The zero-order valence-corrected chi connectivity index (χ0v) is 19.5. The largest absolute Gasteiger partial charge is 0.325 e. The summed E-state index contributed by atoms with van der Waals surface area (Å²) in [5.41, 5.74) is 1.09. The SMILES string of the molecule is O=C(CN(Cc1ccc(Cl)cc1Cl)S(=O)(=O)c1ccccc1)Nc1cccc(Br)c1. The zero-order valence-electron chi connectivity index (χ0n) is 15.6. The molecule has 0 saturated carbocycles. The molecule has 30 heavy (non-hydrogen) atoms. The summed E-state index contributed by atoms with van der Waals surface area (Å²) in [6, 6.07) is 19.8. The second kappa shape index (κ2) is 9.94. The van der Waals surface area contributed by atoms with Crippen molar-refractivity contribution in [2.24, 2.45) is 0 Å². The molecule has 0 atom stereocenters. The van der Waals surface area contributed by atoms with Crippen molar-refractivity contribution >= 4 is 60.7 Å². The van der Waals surface area contributed by atoms with Gasteiger partial charge in [0, 0.05) is 26.8 Å². The molecule has 3 rings (SSSR count). The highest BCUT2D eigenvalue weighted by atomic mass is 79.9. The minimum absolute atomic E-state index is 0.0842. The van der Waals surface area contributed by atoms with E-state index in [4.69, 9.17) is 23.2 Å². The molecule has 0 spiro atoms. The fourth-order valence-electron chi connectivity index (χ4n) is 2.73. The van der Waals surface area contributed by atoms with E-state index in [0.717, 1.165) is 8.78 Å². The van der Waals surface area contributed by atoms with Crippen molar-refractivity contribution in [2.45, 2.75) is 11.4 Å². The number of sulfonamides is 1. The first-order chi connectivity index (χ1) is 14.3. The Kier molecular flexibility index (Phi) is 7.55. The van der Waals surface area contributed by atoms with Crippen LogP contribution in [-0.2, 0) is 21.4 Å². The molecule has 0 aromatic heterocycles. The van der Waals surface area contributed by atoms with E-state index in [1.165, 1.54) is 18.2 Å². The van der Waals surface area contributed by atoms with Crippen LogP contribution in [0.15, 0.2) is 82.2 Å². The Morgan fingerprint density at radius 3 is 2.37 bits per heavy atom. The molecule has 9 heteroatoms. The van der Waals surface area contributed by atoms with Gasteiger partial charge in [0.15, 0.2) is 0 Å². The van der Waals surface area contributed by atoms with Gasteiger partial charge in [0.1, 0.15) is 0 Å². The number of amides is 1. The average molecular weight is 528 g/mol. The predicted molar refractivity (Wildman–Crippen MR) is 123 cm³/mol. The zero-order chi connectivity index (χ0) is 21.7. The first-order valence-corrected chi connectivity index (χ1v) is 11.8. The van der Waals surface area contributed by atoms with Crippen LogP contribution in [0.5, 0.6) is 0 Å². The molecule has 0 heterocycles. The summed E-state index contributed by atoms with van der Waals surface area (Å²) in [7, 11) is -3.95. The van der Waals surface area contributed by atoms with Crippen molar-refractivity contribution < 1.29 is 13.2 Å². The monoisotopic (exact) mass is 526 g/mol. The maximum absolute atomic E-state index is 13.2. The quantitative estimate of drug-likeness (QED) is 0.435. The van der Waals surface area contributed by atoms with Gasteiger partial charge < -0.3 is 5.32 Å². The summed E-state index contributed by atoms with van der Waals surface area (Å²) in [5, 5.41) is 3.48. The average Bonchev–Trinajstić information content (AvgIpc) is 2.70. The molecule has 0 aliphatic carbocycles. The van der Waals surface area contributed by atoms with Gasteiger partial charge in [-0.3, -0.25) is 4.79 Å². The molecule has 1 N–H and O–H groups in total.